The van der Waals surface area contributed by atoms with Gasteiger partial charge in [0.1, 0.15) is 9.23 Å². The molecular weight excluding hydrogens is 351 g/mol. The van der Waals surface area contributed by atoms with E-state index in [1.165, 1.54) is 6.07 Å². The second-order valence-electron chi connectivity index (χ2n) is 5.37. The molecule has 0 aromatic carbocycles. The van der Waals surface area contributed by atoms with Gasteiger partial charge >= 0.3 is 0 Å². The van der Waals surface area contributed by atoms with Gasteiger partial charge in [-0.1, -0.05) is 30.1 Å². The van der Waals surface area contributed by atoms with E-state index in [-0.39, 0.29) is 21.3 Å². The molecule has 1 aliphatic rings. The first-order chi connectivity index (χ1) is 9.86. The Labute approximate surface area is 140 Å². The van der Waals surface area contributed by atoms with Crippen LogP contribution in [0.2, 0.25) is 8.67 Å². The van der Waals surface area contributed by atoms with Crippen molar-refractivity contribution < 1.29 is 8.42 Å². The molecule has 0 saturated heterocycles. The van der Waals surface area contributed by atoms with E-state index < -0.39 is 10.0 Å². The Hall–Kier alpha value is 0.150. The summed E-state index contributed by atoms with van der Waals surface area (Å²) >= 11 is 13.0. The summed E-state index contributed by atoms with van der Waals surface area (Å²) in [5, 5.41) is 0. The minimum atomic E-state index is -3.60. The third kappa shape index (κ3) is 3.92. The van der Waals surface area contributed by atoms with Crippen molar-refractivity contribution >= 4 is 44.6 Å². The fourth-order valence-electron chi connectivity index (χ4n) is 2.74. The largest absolute Gasteiger partial charge is 0.328 e. The van der Waals surface area contributed by atoms with Crippen molar-refractivity contribution in [1.82, 2.24) is 4.31 Å². The number of rotatable bonds is 5. The van der Waals surface area contributed by atoms with E-state index in [0.29, 0.717) is 10.9 Å². The van der Waals surface area contributed by atoms with E-state index >= 15 is 0 Å². The van der Waals surface area contributed by atoms with Crippen molar-refractivity contribution in [2.45, 2.75) is 56.0 Å². The third-order valence-corrected chi connectivity index (χ3v) is 7.51. The molecule has 21 heavy (non-hydrogen) atoms. The van der Waals surface area contributed by atoms with Crippen molar-refractivity contribution in [2.24, 2.45) is 5.73 Å². The lowest BCUT2D eigenvalue weighted by Crippen LogP contribution is -2.44. The van der Waals surface area contributed by atoms with Gasteiger partial charge in [0.05, 0.1) is 4.34 Å². The van der Waals surface area contributed by atoms with Crippen LogP contribution in [-0.2, 0) is 10.0 Å². The summed E-state index contributed by atoms with van der Waals surface area (Å²) < 4.78 is 28.0. The molecule has 0 radical (unpaired) electrons. The molecule has 1 saturated carbocycles. The Balaban J connectivity index is 2.30. The van der Waals surface area contributed by atoms with Crippen LogP contribution in [-0.4, -0.2) is 31.4 Å². The number of nitrogens with zero attached hydrogens (tertiary/aromatic N) is 1. The van der Waals surface area contributed by atoms with E-state index in [1.54, 1.807) is 4.31 Å². The van der Waals surface area contributed by atoms with Gasteiger partial charge in [-0.15, -0.1) is 11.3 Å². The summed E-state index contributed by atoms with van der Waals surface area (Å²) in [5.41, 5.74) is 5.91. The monoisotopic (exact) mass is 370 g/mol. The lowest BCUT2D eigenvalue weighted by atomic mass is 9.92. The molecular formula is C13H20Cl2N2O2S2. The Kier molecular flexibility index (Phi) is 5.96. The van der Waals surface area contributed by atoms with Crippen LogP contribution in [0, 0.1) is 0 Å². The zero-order chi connectivity index (χ0) is 15.6. The molecule has 1 heterocycles. The molecule has 1 aliphatic carbocycles. The van der Waals surface area contributed by atoms with Crippen LogP contribution in [0.15, 0.2) is 11.0 Å². The quantitative estimate of drug-likeness (QED) is 0.858. The first-order valence-electron chi connectivity index (χ1n) is 7.08. The molecule has 1 aromatic rings. The third-order valence-electron chi connectivity index (χ3n) is 3.80. The maximum atomic E-state index is 12.9. The number of halogens is 2. The van der Waals surface area contributed by atoms with E-state index in [4.69, 9.17) is 28.9 Å². The molecule has 1 fully saturated rings. The molecule has 0 spiro atoms. The summed E-state index contributed by atoms with van der Waals surface area (Å²) in [6.45, 7) is 2.46. The average molecular weight is 371 g/mol. The van der Waals surface area contributed by atoms with Gasteiger partial charge in [-0.05, 0) is 38.2 Å². The number of thiophene rings is 1. The topological polar surface area (TPSA) is 63.4 Å². The van der Waals surface area contributed by atoms with E-state index in [1.807, 2.05) is 6.92 Å². The smallest absolute Gasteiger partial charge is 0.245 e. The van der Waals surface area contributed by atoms with Crippen molar-refractivity contribution in [2.75, 3.05) is 6.54 Å². The molecule has 0 atom stereocenters. The van der Waals surface area contributed by atoms with Crippen LogP contribution < -0.4 is 5.73 Å². The highest BCUT2D eigenvalue weighted by molar-refractivity contribution is 7.89. The molecule has 2 rings (SSSR count). The highest BCUT2D eigenvalue weighted by Crippen LogP contribution is 2.37. The maximum absolute atomic E-state index is 12.9. The summed E-state index contributed by atoms with van der Waals surface area (Å²) in [7, 11) is -3.60. The van der Waals surface area contributed by atoms with Gasteiger partial charge in [0, 0.05) is 18.6 Å². The number of nitrogens with two attached hydrogens (primary N) is 1. The molecule has 0 bridgehead atoms. The Bertz CT molecular complexity index is 581. The van der Waals surface area contributed by atoms with Crippen LogP contribution in [0.1, 0.15) is 39.0 Å². The summed E-state index contributed by atoms with van der Waals surface area (Å²) in [6.07, 6.45) is 4.08. The molecule has 1 aromatic heterocycles. The number of sulfonamides is 1. The first-order valence-corrected chi connectivity index (χ1v) is 10.1. The predicted molar refractivity (Wildman–Crippen MR) is 88.8 cm³/mol. The maximum Gasteiger partial charge on any atom is 0.245 e. The van der Waals surface area contributed by atoms with Crippen LogP contribution >= 0.6 is 34.5 Å². The molecule has 8 heteroatoms. The first kappa shape index (κ1) is 17.5. The van der Waals surface area contributed by atoms with E-state index in [9.17, 15) is 8.42 Å². The van der Waals surface area contributed by atoms with Gasteiger partial charge < -0.3 is 5.73 Å². The van der Waals surface area contributed by atoms with Crippen molar-refractivity contribution in [3.63, 3.8) is 0 Å². The summed E-state index contributed by atoms with van der Waals surface area (Å²) in [6, 6.07) is 1.64. The van der Waals surface area contributed by atoms with Crippen LogP contribution in [0.3, 0.4) is 0 Å². The zero-order valence-electron chi connectivity index (χ0n) is 11.9. The van der Waals surface area contributed by atoms with Crippen molar-refractivity contribution in [3.8, 4) is 0 Å². The van der Waals surface area contributed by atoms with E-state index in [2.05, 4.69) is 0 Å². The number of hydrogen-bond donors (Lipinski definition) is 1. The fraction of sp³-hybridized carbons (Fsp3) is 0.692. The average Bonchev–Trinajstić information content (AvgIpc) is 2.77. The van der Waals surface area contributed by atoms with Crippen molar-refractivity contribution in [3.05, 3.63) is 14.7 Å². The van der Waals surface area contributed by atoms with Gasteiger partial charge in [0.25, 0.3) is 0 Å². The van der Waals surface area contributed by atoms with Gasteiger partial charge in [-0.25, -0.2) is 8.42 Å². The molecule has 0 unspecified atom stereocenters. The zero-order valence-corrected chi connectivity index (χ0v) is 15.0. The molecule has 120 valence electrons. The Morgan fingerprint density at radius 3 is 2.43 bits per heavy atom. The normalized spacial score (nSPS) is 23.7. The Morgan fingerprint density at radius 1 is 1.33 bits per heavy atom. The highest BCUT2D eigenvalue weighted by Gasteiger charge is 2.35. The highest BCUT2D eigenvalue weighted by atomic mass is 35.5. The van der Waals surface area contributed by atoms with E-state index in [0.717, 1.165) is 43.4 Å². The molecule has 0 amide bonds. The predicted octanol–water partition coefficient (Wildman–Crippen LogP) is 3.73. The molecule has 4 nitrogen and oxygen atoms in total. The summed E-state index contributed by atoms with van der Waals surface area (Å²) in [5.74, 6) is 0. The van der Waals surface area contributed by atoms with Crippen LogP contribution in [0.25, 0.3) is 0 Å². The van der Waals surface area contributed by atoms with Gasteiger partial charge in [0.2, 0.25) is 10.0 Å². The molecule has 2 N–H and O–H groups in total. The van der Waals surface area contributed by atoms with Gasteiger partial charge in [-0.3, -0.25) is 0 Å². The fourth-order valence-corrected chi connectivity index (χ4v) is 6.63. The second-order valence-corrected chi connectivity index (χ2v) is 9.52. The minimum Gasteiger partial charge on any atom is -0.328 e. The van der Waals surface area contributed by atoms with Gasteiger partial charge in [-0.2, -0.15) is 4.31 Å². The lowest BCUT2D eigenvalue weighted by Gasteiger charge is -2.35. The van der Waals surface area contributed by atoms with Crippen molar-refractivity contribution in [1.29, 1.82) is 0 Å². The van der Waals surface area contributed by atoms with Gasteiger partial charge in [0.15, 0.2) is 0 Å². The second kappa shape index (κ2) is 7.15. The van der Waals surface area contributed by atoms with Crippen LogP contribution in [0.5, 0.6) is 0 Å². The minimum absolute atomic E-state index is 0.00416. The van der Waals surface area contributed by atoms with Crippen LogP contribution in [0.4, 0.5) is 0 Å². The Morgan fingerprint density at radius 2 is 1.95 bits per heavy atom. The SMILES string of the molecule is CCCN(C1CCC(N)CC1)S(=O)(=O)c1cc(Cl)sc1Cl. The summed E-state index contributed by atoms with van der Waals surface area (Å²) in [4.78, 5) is 0.127. The lowest BCUT2D eigenvalue weighted by molar-refractivity contribution is 0.240. The molecule has 0 aliphatic heterocycles. The standard InChI is InChI=1S/C13H20Cl2N2O2S2/c1-2-7-17(10-5-3-9(16)4-6-10)21(18,19)11-8-12(14)20-13(11)15/h8-10H,2-7,16H2,1H3. The number of hydrogen-bond acceptors (Lipinski definition) is 4.